The number of urea groups is 1. The third-order valence-corrected chi connectivity index (χ3v) is 8.07. The number of anilines is 1. The number of fused-ring (bicyclic) bond motifs is 1. The maximum absolute atomic E-state index is 13.3. The van der Waals surface area contributed by atoms with Gasteiger partial charge in [-0.3, -0.25) is 0 Å². The zero-order valence-electron chi connectivity index (χ0n) is 22.2. The minimum absolute atomic E-state index is 0.0452. The molecule has 3 aromatic rings. The van der Waals surface area contributed by atoms with E-state index in [4.69, 9.17) is 9.47 Å². The summed E-state index contributed by atoms with van der Waals surface area (Å²) in [6.07, 6.45) is 3.07. The number of rotatable bonds is 6. The maximum Gasteiger partial charge on any atom is 0.458 e. The maximum atomic E-state index is 13.3. The molecule has 1 aliphatic heterocycles. The molecule has 3 fully saturated rings. The molecule has 2 saturated carbocycles. The first-order valence-electron chi connectivity index (χ1n) is 14.0. The molecule has 1 saturated heterocycles. The first-order chi connectivity index (χ1) is 19.3. The van der Waals surface area contributed by atoms with E-state index in [2.05, 4.69) is 21.1 Å². The molecular formula is C31H32F3N3O3. The van der Waals surface area contributed by atoms with Gasteiger partial charge >= 0.3 is 12.2 Å². The lowest BCUT2D eigenvalue weighted by atomic mass is 9.92. The van der Waals surface area contributed by atoms with Crippen LogP contribution in [0.4, 0.5) is 23.7 Å². The minimum Gasteiger partial charge on any atom is -0.490 e. The summed E-state index contributed by atoms with van der Waals surface area (Å²) in [4.78, 5) is 12.3. The number of hydrogen-bond acceptors (Lipinski definition) is 3. The number of nitrogens with one attached hydrogen (secondary N) is 2. The Morgan fingerprint density at radius 3 is 2.33 bits per heavy atom. The van der Waals surface area contributed by atoms with Crippen molar-refractivity contribution in [1.29, 1.82) is 0 Å². The van der Waals surface area contributed by atoms with Gasteiger partial charge in [0.25, 0.3) is 0 Å². The highest BCUT2D eigenvalue weighted by Gasteiger charge is 2.29. The van der Waals surface area contributed by atoms with Crippen molar-refractivity contribution in [2.24, 2.45) is 0 Å². The fraction of sp³-hybridized carbons (Fsp3) is 0.452. The lowest BCUT2D eigenvalue weighted by molar-refractivity contribution is -0.0696. The van der Waals surface area contributed by atoms with E-state index in [0.29, 0.717) is 41.3 Å². The average molecular weight is 552 g/mol. The molecule has 2 heterocycles. The van der Waals surface area contributed by atoms with Gasteiger partial charge in [-0.2, -0.15) is 13.2 Å². The lowest BCUT2D eigenvalue weighted by Gasteiger charge is -2.30. The predicted molar refractivity (Wildman–Crippen MR) is 147 cm³/mol. The Morgan fingerprint density at radius 1 is 0.975 bits per heavy atom. The van der Waals surface area contributed by atoms with Crippen LogP contribution in [0.2, 0.25) is 0 Å². The molecule has 2 amide bonds. The molecule has 210 valence electrons. The van der Waals surface area contributed by atoms with Crippen molar-refractivity contribution in [2.75, 3.05) is 18.5 Å². The minimum atomic E-state index is -4.62. The van der Waals surface area contributed by atoms with Crippen molar-refractivity contribution < 1.29 is 27.4 Å². The van der Waals surface area contributed by atoms with Crippen molar-refractivity contribution in [1.82, 2.24) is 9.88 Å². The Morgan fingerprint density at radius 2 is 1.70 bits per heavy atom. The van der Waals surface area contributed by atoms with Gasteiger partial charge in [0.2, 0.25) is 0 Å². The number of amides is 2. The van der Waals surface area contributed by atoms with Crippen LogP contribution in [-0.2, 0) is 4.74 Å². The number of nitrogens with zero attached hydrogens (tertiary/aromatic N) is 1. The molecule has 2 aliphatic carbocycles. The number of ether oxygens (including phenoxy) is 2. The van der Waals surface area contributed by atoms with Crippen LogP contribution in [0.3, 0.4) is 0 Å². The van der Waals surface area contributed by atoms with E-state index in [1.807, 2.05) is 30.3 Å². The van der Waals surface area contributed by atoms with Crippen molar-refractivity contribution in [2.45, 2.75) is 75.7 Å². The van der Waals surface area contributed by atoms with Crippen LogP contribution in [0.5, 0.6) is 5.75 Å². The van der Waals surface area contributed by atoms with Crippen LogP contribution in [0.25, 0.3) is 22.2 Å². The second-order valence-corrected chi connectivity index (χ2v) is 10.8. The summed E-state index contributed by atoms with van der Waals surface area (Å²) in [5.74, 6) is 4.66. The SMILES string of the molecule is O=C(Nc1ccc(-c2c(C#CC(F)(F)F)c3ccc(OC4CCOCC4)cc3n2C2CCC2)cc1)NC1CCC1. The topological polar surface area (TPSA) is 64.5 Å². The molecule has 2 aromatic carbocycles. The summed E-state index contributed by atoms with van der Waals surface area (Å²) in [5, 5.41) is 6.46. The van der Waals surface area contributed by atoms with Gasteiger partial charge in [0.1, 0.15) is 11.9 Å². The monoisotopic (exact) mass is 551 g/mol. The smallest absolute Gasteiger partial charge is 0.458 e. The molecule has 2 N–H and O–H groups in total. The van der Waals surface area contributed by atoms with Gasteiger partial charge in [-0.05, 0) is 68.4 Å². The second kappa shape index (κ2) is 11.1. The first kappa shape index (κ1) is 26.6. The number of benzene rings is 2. The molecule has 0 atom stereocenters. The van der Waals surface area contributed by atoms with Crippen molar-refractivity contribution in [3.63, 3.8) is 0 Å². The Kier molecular flexibility index (Phi) is 7.37. The number of halogens is 3. The van der Waals surface area contributed by atoms with Gasteiger partial charge in [0.15, 0.2) is 0 Å². The van der Waals surface area contributed by atoms with Crippen molar-refractivity contribution in [3.05, 3.63) is 48.0 Å². The number of aromatic nitrogens is 1. The number of carbonyl (C=O) groups excluding carboxylic acids is 1. The second-order valence-electron chi connectivity index (χ2n) is 10.8. The Balaban J connectivity index is 1.39. The third-order valence-electron chi connectivity index (χ3n) is 8.07. The number of hydrogen-bond donors (Lipinski definition) is 2. The highest BCUT2D eigenvalue weighted by atomic mass is 19.4. The van der Waals surface area contributed by atoms with E-state index in [0.717, 1.165) is 62.4 Å². The van der Waals surface area contributed by atoms with Crippen molar-refractivity contribution in [3.8, 4) is 28.8 Å². The molecule has 9 heteroatoms. The zero-order chi connectivity index (χ0) is 27.7. The lowest BCUT2D eigenvalue weighted by Crippen LogP contribution is -2.41. The Hall–Kier alpha value is -3.64. The van der Waals surface area contributed by atoms with Gasteiger partial charge in [0.05, 0.1) is 30.0 Å². The van der Waals surface area contributed by atoms with Crippen LogP contribution in [0.1, 0.15) is 63.0 Å². The predicted octanol–water partition coefficient (Wildman–Crippen LogP) is 7.18. The van der Waals surface area contributed by atoms with Crippen LogP contribution in [0.15, 0.2) is 42.5 Å². The van der Waals surface area contributed by atoms with E-state index >= 15 is 0 Å². The summed E-state index contributed by atoms with van der Waals surface area (Å²) >= 11 is 0. The molecular weight excluding hydrogens is 519 g/mol. The summed E-state index contributed by atoms with van der Waals surface area (Å²) in [6.45, 7) is 1.31. The molecule has 40 heavy (non-hydrogen) atoms. The van der Waals surface area contributed by atoms with E-state index in [1.165, 1.54) is 5.92 Å². The van der Waals surface area contributed by atoms with Gasteiger partial charge in [0, 0.05) is 48.0 Å². The molecule has 6 rings (SSSR count). The molecule has 0 bridgehead atoms. The quantitative estimate of drug-likeness (QED) is 0.319. The summed E-state index contributed by atoms with van der Waals surface area (Å²) < 4.78 is 53.7. The van der Waals surface area contributed by atoms with E-state index in [-0.39, 0.29) is 24.2 Å². The first-order valence-corrected chi connectivity index (χ1v) is 14.0. The van der Waals surface area contributed by atoms with Gasteiger partial charge in [-0.15, -0.1) is 0 Å². The molecule has 0 radical (unpaired) electrons. The molecule has 0 spiro atoms. The average Bonchev–Trinajstić information content (AvgIpc) is 3.18. The summed E-state index contributed by atoms with van der Waals surface area (Å²) in [6, 6.07) is 12.9. The zero-order valence-corrected chi connectivity index (χ0v) is 22.2. The van der Waals surface area contributed by atoms with Crippen LogP contribution in [-0.4, -0.2) is 42.1 Å². The van der Waals surface area contributed by atoms with Gasteiger partial charge in [-0.1, -0.05) is 18.1 Å². The molecule has 0 unspecified atom stereocenters. The Labute approximate surface area is 231 Å². The van der Waals surface area contributed by atoms with Crippen LogP contribution >= 0.6 is 0 Å². The van der Waals surface area contributed by atoms with Gasteiger partial charge in [-0.25, -0.2) is 4.79 Å². The molecule has 1 aromatic heterocycles. The Bertz CT molecular complexity index is 1440. The van der Waals surface area contributed by atoms with Crippen LogP contribution < -0.4 is 15.4 Å². The number of carbonyl (C=O) groups is 1. The van der Waals surface area contributed by atoms with E-state index < -0.39 is 6.18 Å². The normalized spacial score (nSPS) is 18.4. The van der Waals surface area contributed by atoms with E-state index in [1.54, 1.807) is 12.1 Å². The van der Waals surface area contributed by atoms with E-state index in [9.17, 15) is 18.0 Å². The fourth-order valence-electron chi connectivity index (χ4n) is 5.53. The standard InChI is InChI=1S/C31H32F3N3O3/c32-31(33,34)16-13-27-26-12-11-25(40-24-14-17-39-18-15-24)19-28(26)37(23-5-2-6-23)29(27)20-7-9-22(10-8-20)36-30(38)35-21-3-1-4-21/h7-12,19,21,23-24H,1-6,14-15,17-18H2,(H2,35,36,38). The largest absolute Gasteiger partial charge is 0.490 e. The summed E-state index contributed by atoms with van der Waals surface area (Å²) in [7, 11) is 0. The molecule has 6 nitrogen and oxygen atoms in total. The summed E-state index contributed by atoms with van der Waals surface area (Å²) in [5.41, 5.74) is 3.18. The third kappa shape index (κ3) is 5.78. The van der Waals surface area contributed by atoms with Gasteiger partial charge < -0.3 is 24.7 Å². The fourth-order valence-corrected chi connectivity index (χ4v) is 5.53. The number of alkyl halides is 3. The highest BCUT2D eigenvalue weighted by Crippen LogP contribution is 2.43. The highest BCUT2D eigenvalue weighted by molar-refractivity contribution is 5.96. The van der Waals surface area contributed by atoms with Crippen LogP contribution in [0, 0.1) is 11.8 Å². The molecule has 3 aliphatic rings. The van der Waals surface area contributed by atoms with Crippen molar-refractivity contribution >= 4 is 22.6 Å².